The molecule has 1 aliphatic rings. The van der Waals surface area contributed by atoms with Crippen molar-refractivity contribution in [2.45, 2.75) is 38.5 Å². The van der Waals surface area contributed by atoms with E-state index in [0.29, 0.717) is 12.2 Å². The van der Waals surface area contributed by atoms with E-state index in [1.807, 2.05) is 36.4 Å². The summed E-state index contributed by atoms with van der Waals surface area (Å²) in [7, 11) is 1.65. The average Bonchev–Trinajstić information content (AvgIpc) is 2.75. The van der Waals surface area contributed by atoms with Crippen molar-refractivity contribution >= 4 is 11.6 Å². The Morgan fingerprint density at radius 3 is 2.89 bits per heavy atom. The van der Waals surface area contributed by atoms with Crippen LogP contribution in [0.3, 0.4) is 0 Å². The van der Waals surface area contributed by atoms with Crippen molar-refractivity contribution in [2.24, 2.45) is 0 Å². The molecule has 2 aromatic rings. The molecule has 1 aliphatic carbocycles. The molecule has 5 nitrogen and oxygen atoms in total. The number of amides is 1. The first-order chi connectivity index (χ1) is 13.7. The van der Waals surface area contributed by atoms with Gasteiger partial charge in [-0.1, -0.05) is 23.8 Å². The number of nitrogens with one attached hydrogen (secondary N) is 2. The molecule has 0 spiro atoms. The Morgan fingerprint density at radius 2 is 2.07 bits per heavy atom. The Balaban J connectivity index is 1.45. The summed E-state index contributed by atoms with van der Waals surface area (Å²) in [5.41, 5.74) is 4.04. The van der Waals surface area contributed by atoms with Gasteiger partial charge in [-0.2, -0.15) is 0 Å². The maximum absolute atomic E-state index is 12.4. The van der Waals surface area contributed by atoms with E-state index in [1.54, 1.807) is 18.9 Å². The number of methoxy groups -OCH3 is 1. The standard InChI is InChI=1S/C23H29N3O2/c1-28-21-9-5-8-19(16-21)11-14-26-23(27)22-17-20(12-15-25-22)24-13-10-18-6-3-2-4-7-18/h5-6,8-9,12,15-17H,2-4,7,10-11,13-14H2,1H3,(H,24,25)(H,26,27). The molecule has 0 saturated heterocycles. The SMILES string of the molecule is COc1cccc(CCNC(=O)c2cc(NCCC3=CCCCC3)ccn2)c1. The second-order valence-electron chi connectivity index (χ2n) is 7.07. The summed E-state index contributed by atoms with van der Waals surface area (Å²) < 4.78 is 5.23. The van der Waals surface area contributed by atoms with E-state index in [0.717, 1.165) is 36.4 Å². The average molecular weight is 380 g/mol. The number of benzene rings is 1. The third-order valence-corrected chi connectivity index (χ3v) is 4.99. The van der Waals surface area contributed by atoms with Crippen molar-refractivity contribution < 1.29 is 9.53 Å². The van der Waals surface area contributed by atoms with Gasteiger partial charge in [0.05, 0.1) is 7.11 Å². The first kappa shape index (κ1) is 19.9. The molecule has 0 bridgehead atoms. The van der Waals surface area contributed by atoms with Crippen molar-refractivity contribution in [1.82, 2.24) is 10.3 Å². The highest BCUT2D eigenvalue weighted by Crippen LogP contribution is 2.20. The monoisotopic (exact) mass is 379 g/mol. The minimum atomic E-state index is -0.151. The van der Waals surface area contributed by atoms with Crippen molar-refractivity contribution in [1.29, 1.82) is 0 Å². The smallest absolute Gasteiger partial charge is 0.269 e. The molecule has 28 heavy (non-hydrogen) atoms. The van der Waals surface area contributed by atoms with Crippen LogP contribution in [0.15, 0.2) is 54.2 Å². The zero-order chi connectivity index (χ0) is 19.6. The van der Waals surface area contributed by atoms with E-state index < -0.39 is 0 Å². The summed E-state index contributed by atoms with van der Waals surface area (Å²) in [5, 5.41) is 6.35. The maximum Gasteiger partial charge on any atom is 0.269 e. The van der Waals surface area contributed by atoms with Gasteiger partial charge in [0.2, 0.25) is 0 Å². The molecular formula is C23H29N3O2. The van der Waals surface area contributed by atoms with Crippen LogP contribution in [-0.2, 0) is 6.42 Å². The molecule has 2 N–H and O–H groups in total. The predicted octanol–water partition coefficient (Wildman–Crippen LogP) is 4.37. The molecule has 1 aromatic heterocycles. The number of hydrogen-bond donors (Lipinski definition) is 2. The number of carbonyl (C=O) groups excluding carboxylic acids is 1. The van der Waals surface area contributed by atoms with E-state index in [4.69, 9.17) is 4.74 Å². The highest BCUT2D eigenvalue weighted by Gasteiger charge is 2.08. The predicted molar refractivity (Wildman–Crippen MR) is 113 cm³/mol. The van der Waals surface area contributed by atoms with Gasteiger partial charge in [0.1, 0.15) is 11.4 Å². The highest BCUT2D eigenvalue weighted by molar-refractivity contribution is 5.93. The first-order valence-electron chi connectivity index (χ1n) is 10.0. The zero-order valence-electron chi connectivity index (χ0n) is 16.5. The maximum atomic E-state index is 12.4. The fourth-order valence-electron chi connectivity index (χ4n) is 3.40. The molecule has 0 radical (unpaired) electrons. The number of allylic oxidation sites excluding steroid dienone is 1. The topological polar surface area (TPSA) is 63.2 Å². The first-order valence-corrected chi connectivity index (χ1v) is 10.0. The molecule has 0 fully saturated rings. The van der Waals surface area contributed by atoms with Crippen LogP contribution < -0.4 is 15.4 Å². The second kappa shape index (κ2) is 10.5. The van der Waals surface area contributed by atoms with Gasteiger partial charge in [0.15, 0.2) is 0 Å². The number of aromatic nitrogens is 1. The molecule has 0 saturated carbocycles. The number of anilines is 1. The van der Waals surface area contributed by atoms with Crippen LogP contribution in [0.1, 0.15) is 48.2 Å². The normalized spacial score (nSPS) is 13.5. The number of rotatable bonds is 9. The van der Waals surface area contributed by atoms with E-state index >= 15 is 0 Å². The van der Waals surface area contributed by atoms with Crippen LogP contribution in [0.2, 0.25) is 0 Å². The molecule has 0 aliphatic heterocycles. The molecule has 0 unspecified atom stereocenters. The quantitative estimate of drug-likeness (QED) is 0.635. The minimum Gasteiger partial charge on any atom is -0.497 e. The van der Waals surface area contributed by atoms with Gasteiger partial charge in [-0.05, 0) is 68.4 Å². The van der Waals surface area contributed by atoms with Crippen molar-refractivity contribution in [2.75, 3.05) is 25.5 Å². The van der Waals surface area contributed by atoms with E-state index in [-0.39, 0.29) is 5.91 Å². The molecule has 3 rings (SSSR count). The van der Waals surface area contributed by atoms with Crippen LogP contribution in [0, 0.1) is 0 Å². The number of ether oxygens (including phenoxy) is 1. The Labute approximate surface area is 167 Å². The lowest BCUT2D eigenvalue weighted by molar-refractivity contribution is 0.0949. The number of pyridine rings is 1. The summed E-state index contributed by atoms with van der Waals surface area (Å²) in [6, 6.07) is 11.6. The van der Waals surface area contributed by atoms with Crippen molar-refractivity contribution in [3.05, 3.63) is 65.5 Å². The van der Waals surface area contributed by atoms with Crippen molar-refractivity contribution in [3.63, 3.8) is 0 Å². The summed E-state index contributed by atoms with van der Waals surface area (Å²) in [5.74, 6) is 0.676. The molecular weight excluding hydrogens is 350 g/mol. The second-order valence-corrected chi connectivity index (χ2v) is 7.07. The number of carbonyl (C=O) groups is 1. The van der Waals surface area contributed by atoms with Gasteiger partial charge in [-0.15, -0.1) is 0 Å². The van der Waals surface area contributed by atoms with Gasteiger partial charge < -0.3 is 15.4 Å². The minimum absolute atomic E-state index is 0.151. The van der Waals surface area contributed by atoms with Gasteiger partial charge in [-0.25, -0.2) is 0 Å². The zero-order valence-corrected chi connectivity index (χ0v) is 16.5. The van der Waals surface area contributed by atoms with Gasteiger partial charge in [-0.3, -0.25) is 9.78 Å². The fraction of sp³-hybridized carbons (Fsp3) is 0.391. The number of hydrogen-bond acceptors (Lipinski definition) is 4. The van der Waals surface area contributed by atoms with Crippen LogP contribution in [0.4, 0.5) is 5.69 Å². The molecule has 5 heteroatoms. The van der Waals surface area contributed by atoms with Gasteiger partial charge >= 0.3 is 0 Å². The Morgan fingerprint density at radius 1 is 1.14 bits per heavy atom. The lowest BCUT2D eigenvalue weighted by Gasteiger charge is -2.13. The van der Waals surface area contributed by atoms with E-state index in [9.17, 15) is 4.79 Å². The summed E-state index contributed by atoms with van der Waals surface area (Å²) in [4.78, 5) is 16.6. The third-order valence-electron chi connectivity index (χ3n) is 4.99. The lowest BCUT2D eigenvalue weighted by Crippen LogP contribution is -2.26. The Hall–Kier alpha value is -2.82. The van der Waals surface area contributed by atoms with E-state index in [1.165, 1.54) is 25.7 Å². The third kappa shape index (κ3) is 6.12. The van der Waals surface area contributed by atoms with Crippen LogP contribution >= 0.6 is 0 Å². The van der Waals surface area contributed by atoms with Gasteiger partial charge in [0, 0.05) is 25.0 Å². The summed E-state index contributed by atoms with van der Waals surface area (Å²) >= 11 is 0. The van der Waals surface area contributed by atoms with Crippen LogP contribution in [-0.4, -0.2) is 31.1 Å². The van der Waals surface area contributed by atoms with Crippen LogP contribution in [0.25, 0.3) is 0 Å². The number of nitrogens with zero attached hydrogens (tertiary/aromatic N) is 1. The Bertz CT molecular complexity index is 817. The molecule has 1 amide bonds. The summed E-state index contributed by atoms with van der Waals surface area (Å²) in [6.45, 7) is 1.44. The molecule has 148 valence electrons. The van der Waals surface area contributed by atoms with Crippen molar-refractivity contribution in [3.8, 4) is 5.75 Å². The molecule has 0 atom stereocenters. The van der Waals surface area contributed by atoms with Crippen LogP contribution in [0.5, 0.6) is 5.75 Å². The largest absolute Gasteiger partial charge is 0.497 e. The molecule has 1 heterocycles. The fourth-order valence-corrected chi connectivity index (χ4v) is 3.40. The Kier molecular flexibility index (Phi) is 7.47. The summed E-state index contributed by atoms with van der Waals surface area (Å²) in [6.07, 6.45) is 10.9. The molecule has 1 aromatic carbocycles. The highest BCUT2D eigenvalue weighted by atomic mass is 16.5. The van der Waals surface area contributed by atoms with E-state index in [2.05, 4.69) is 21.7 Å². The lowest BCUT2D eigenvalue weighted by atomic mass is 9.97. The van der Waals surface area contributed by atoms with Gasteiger partial charge in [0.25, 0.3) is 5.91 Å².